The first-order valence-corrected chi connectivity index (χ1v) is 5.48. The number of esters is 1. The van der Waals surface area contributed by atoms with Crippen molar-refractivity contribution >= 4 is 11.7 Å². The highest BCUT2D eigenvalue weighted by Crippen LogP contribution is 2.17. The van der Waals surface area contributed by atoms with Crippen LogP contribution in [0.5, 0.6) is 0 Å². The highest BCUT2D eigenvalue weighted by Gasteiger charge is 2.28. The molecule has 3 nitrogen and oxygen atoms in total. The number of benzene rings is 1. The number of carbonyl (C=O) groups excluding carboxylic acids is 1. The summed E-state index contributed by atoms with van der Waals surface area (Å²) in [7, 11) is 0. The molecule has 16 heavy (non-hydrogen) atoms. The fraction of sp³-hybridized carbons (Fsp3) is 0.385. The third kappa shape index (κ3) is 2.30. The number of hydrogen-bond acceptors (Lipinski definition) is 3. The van der Waals surface area contributed by atoms with Crippen molar-refractivity contribution in [2.24, 2.45) is 10.9 Å². The molecule has 1 aliphatic rings. The lowest BCUT2D eigenvalue weighted by molar-refractivity contribution is -0.139. The van der Waals surface area contributed by atoms with Crippen molar-refractivity contribution in [1.29, 1.82) is 0 Å². The fourth-order valence-corrected chi connectivity index (χ4v) is 1.60. The summed E-state index contributed by atoms with van der Waals surface area (Å²) >= 11 is 0. The van der Waals surface area contributed by atoms with Crippen LogP contribution in [0, 0.1) is 5.92 Å². The molecular weight excluding hydrogens is 202 g/mol. The number of nitrogens with zero attached hydrogens (tertiary/aromatic N) is 1. The summed E-state index contributed by atoms with van der Waals surface area (Å²) in [5, 5.41) is 0. The number of hydrogen-bond donors (Lipinski definition) is 0. The maximum atomic E-state index is 11.5. The van der Waals surface area contributed by atoms with Gasteiger partial charge in [0.25, 0.3) is 0 Å². The molecule has 1 heterocycles. The van der Waals surface area contributed by atoms with Gasteiger partial charge < -0.3 is 4.74 Å². The minimum Gasteiger partial charge on any atom is -0.435 e. The molecule has 0 amide bonds. The molecule has 84 valence electrons. The van der Waals surface area contributed by atoms with Crippen molar-refractivity contribution in [2.45, 2.75) is 26.5 Å². The number of aliphatic imine (C=N–C) groups is 1. The Bertz CT molecular complexity index is 409. The van der Waals surface area contributed by atoms with E-state index in [9.17, 15) is 4.79 Å². The lowest BCUT2D eigenvalue weighted by Gasteiger charge is -2.08. The van der Waals surface area contributed by atoms with Crippen molar-refractivity contribution in [3.63, 3.8) is 0 Å². The highest BCUT2D eigenvalue weighted by molar-refractivity contribution is 6.38. The van der Waals surface area contributed by atoms with E-state index in [0.717, 1.165) is 5.56 Å². The largest absolute Gasteiger partial charge is 0.435 e. The van der Waals surface area contributed by atoms with Gasteiger partial charge in [0.15, 0.2) is 6.23 Å². The predicted molar refractivity (Wildman–Crippen MR) is 62.3 cm³/mol. The van der Waals surface area contributed by atoms with E-state index in [2.05, 4.69) is 4.99 Å². The van der Waals surface area contributed by atoms with Gasteiger partial charge in [-0.3, -0.25) is 0 Å². The SMILES string of the molecule is CC(C)C1N=C(Cc2ccccc2)C(=O)O1. The summed E-state index contributed by atoms with van der Waals surface area (Å²) in [6.45, 7) is 3.99. The Hall–Kier alpha value is -1.64. The van der Waals surface area contributed by atoms with Gasteiger partial charge in [-0.2, -0.15) is 0 Å². The molecule has 0 radical (unpaired) electrons. The molecule has 0 bridgehead atoms. The van der Waals surface area contributed by atoms with E-state index in [4.69, 9.17) is 4.74 Å². The quantitative estimate of drug-likeness (QED) is 0.728. The summed E-state index contributed by atoms with van der Waals surface area (Å²) < 4.78 is 5.16. The average Bonchev–Trinajstić information content (AvgIpc) is 2.62. The van der Waals surface area contributed by atoms with Gasteiger partial charge in [-0.25, -0.2) is 9.79 Å². The van der Waals surface area contributed by atoms with Gasteiger partial charge in [-0.1, -0.05) is 44.2 Å². The summed E-state index contributed by atoms with van der Waals surface area (Å²) in [5.74, 6) is -0.0419. The normalized spacial score (nSPS) is 19.8. The van der Waals surface area contributed by atoms with Gasteiger partial charge in [0.05, 0.1) is 0 Å². The Labute approximate surface area is 95.2 Å². The maximum absolute atomic E-state index is 11.5. The molecule has 0 aromatic heterocycles. The van der Waals surface area contributed by atoms with Crippen LogP contribution in [0.15, 0.2) is 35.3 Å². The second kappa shape index (κ2) is 4.47. The van der Waals surface area contributed by atoms with Crippen LogP contribution in [0.3, 0.4) is 0 Å². The minimum absolute atomic E-state index is 0.234. The molecule has 0 spiro atoms. The molecule has 1 aromatic carbocycles. The van der Waals surface area contributed by atoms with Crippen molar-refractivity contribution in [3.8, 4) is 0 Å². The van der Waals surface area contributed by atoms with Gasteiger partial charge in [-0.15, -0.1) is 0 Å². The summed E-state index contributed by atoms with van der Waals surface area (Å²) in [4.78, 5) is 15.8. The van der Waals surface area contributed by atoms with E-state index < -0.39 is 0 Å². The van der Waals surface area contributed by atoms with Crippen LogP contribution in [-0.2, 0) is 16.0 Å². The monoisotopic (exact) mass is 217 g/mol. The second-order valence-corrected chi connectivity index (χ2v) is 4.28. The molecule has 0 saturated carbocycles. The van der Waals surface area contributed by atoms with Crippen LogP contribution >= 0.6 is 0 Å². The smallest absolute Gasteiger partial charge is 0.354 e. The predicted octanol–water partition coefficient (Wildman–Crippen LogP) is 2.21. The van der Waals surface area contributed by atoms with E-state index in [1.54, 1.807) is 0 Å². The van der Waals surface area contributed by atoms with Crippen molar-refractivity contribution in [3.05, 3.63) is 35.9 Å². The zero-order valence-corrected chi connectivity index (χ0v) is 9.51. The van der Waals surface area contributed by atoms with Gasteiger partial charge in [0, 0.05) is 12.3 Å². The third-order valence-electron chi connectivity index (χ3n) is 2.53. The van der Waals surface area contributed by atoms with Crippen LogP contribution in [0.25, 0.3) is 0 Å². The Morgan fingerprint density at radius 2 is 2.00 bits per heavy atom. The van der Waals surface area contributed by atoms with Crippen molar-refractivity contribution in [1.82, 2.24) is 0 Å². The Balaban J connectivity index is 2.11. The fourth-order valence-electron chi connectivity index (χ4n) is 1.60. The summed E-state index contributed by atoms with van der Waals surface area (Å²) in [6.07, 6.45) is 0.259. The van der Waals surface area contributed by atoms with Crippen LogP contribution in [0.1, 0.15) is 19.4 Å². The number of ether oxygens (including phenoxy) is 1. The number of cyclic esters (lactones) is 1. The van der Waals surface area contributed by atoms with E-state index in [1.165, 1.54) is 0 Å². The molecule has 1 atom stereocenters. The van der Waals surface area contributed by atoms with E-state index in [-0.39, 0.29) is 18.1 Å². The van der Waals surface area contributed by atoms with Gasteiger partial charge >= 0.3 is 5.97 Å². The Morgan fingerprint density at radius 1 is 1.31 bits per heavy atom. The zero-order chi connectivity index (χ0) is 11.5. The first-order valence-electron chi connectivity index (χ1n) is 5.48. The molecule has 2 rings (SSSR count). The second-order valence-electron chi connectivity index (χ2n) is 4.28. The molecule has 3 heteroatoms. The Morgan fingerprint density at radius 3 is 2.56 bits per heavy atom. The van der Waals surface area contributed by atoms with Crippen LogP contribution in [-0.4, -0.2) is 17.9 Å². The first-order chi connectivity index (χ1) is 7.66. The van der Waals surface area contributed by atoms with Crippen LogP contribution in [0.2, 0.25) is 0 Å². The molecule has 1 aromatic rings. The first kappa shape index (κ1) is 10.9. The molecule has 0 saturated heterocycles. The lowest BCUT2D eigenvalue weighted by Crippen LogP contribution is -2.16. The topological polar surface area (TPSA) is 38.7 Å². The average molecular weight is 217 g/mol. The number of carbonyl (C=O) groups is 1. The van der Waals surface area contributed by atoms with E-state index in [0.29, 0.717) is 12.1 Å². The Kier molecular flexibility index (Phi) is 3.04. The van der Waals surface area contributed by atoms with E-state index >= 15 is 0 Å². The molecule has 0 fully saturated rings. The van der Waals surface area contributed by atoms with Crippen molar-refractivity contribution in [2.75, 3.05) is 0 Å². The van der Waals surface area contributed by atoms with Gasteiger partial charge in [0.2, 0.25) is 0 Å². The van der Waals surface area contributed by atoms with Crippen LogP contribution < -0.4 is 0 Å². The third-order valence-corrected chi connectivity index (χ3v) is 2.53. The molecule has 1 unspecified atom stereocenters. The summed E-state index contributed by atoms with van der Waals surface area (Å²) in [5.41, 5.74) is 1.62. The summed E-state index contributed by atoms with van der Waals surface area (Å²) in [6, 6.07) is 9.83. The lowest BCUT2D eigenvalue weighted by atomic mass is 10.1. The molecule has 0 N–H and O–H groups in total. The zero-order valence-electron chi connectivity index (χ0n) is 9.51. The number of rotatable bonds is 3. The standard InChI is InChI=1S/C13H15NO2/c1-9(2)12-14-11(13(15)16-12)8-10-6-4-3-5-7-10/h3-7,9,12H,8H2,1-2H3. The maximum Gasteiger partial charge on any atom is 0.354 e. The molecule has 1 aliphatic heterocycles. The molecule has 0 aliphatic carbocycles. The van der Waals surface area contributed by atoms with Gasteiger partial charge in [0.1, 0.15) is 5.71 Å². The van der Waals surface area contributed by atoms with Crippen LogP contribution in [0.4, 0.5) is 0 Å². The molecular formula is C13H15NO2. The van der Waals surface area contributed by atoms with E-state index in [1.807, 2.05) is 44.2 Å². The van der Waals surface area contributed by atoms with Crippen molar-refractivity contribution < 1.29 is 9.53 Å². The van der Waals surface area contributed by atoms with Gasteiger partial charge in [-0.05, 0) is 5.56 Å². The minimum atomic E-state index is -0.300. The highest BCUT2D eigenvalue weighted by atomic mass is 16.6.